The van der Waals surface area contributed by atoms with Crippen molar-refractivity contribution in [2.75, 3.05) is 13.2 Å². The van der Waals surface area contributed by atoms with E-state index in [1.807, 2.05) is 12.1 Å². The van der Waals surface area contributed by atoms with Crippen LogP contribution in [0.4, 0.5) is 0 Å². The smallest absolute Gasteiger partial charge is 0.163 e. The van der Waals surface area contributed by atoms with Gasteiger partial charge in [-0.05, 0) is 24.1 Å². The highest BCUT2D eigenvalue weighted by Gasteiger charge is 2.14. The van der Waals surface area contributed by atoms with Crippen LogP contribution >= 0.6 is 11.6 Å². The molecule has 4 heteroatoms. The Hall–Kier alpha value is -1.48. The molecule has 0 spiro atoms. The number of pyridine rings is 1. The van der Waals surface area contributed by atoms with E-state index >= 15 is 0 Å². The van der Waals surface area contributed by atoms with Crippen molar-refractivity contribution in [2.45, 2.75) is 13.3 Å². The maximum Gasteiger partial charge on any atom is 0.163 e. The van der Waals surface area contributed by atoms with E-state index in [0.717, 1.165) is 34.4 Å². The largest absolute Gasteiger partial charge is 0.486 e. The summed E-state index contributed by atoms with van der Waals surface area (Å²) in [5.41, 5.74) is 1.90. The first-order valence-electron chi connectivity index (χ1n) is 5.66. The number of rotatable bonds is 1. The molecule has 2 heterocycles. The number of aryl methyl sites for hydroxylation is 1. The number of aromatic nitrogens is 1. The van der Waals surface area contributed by atoms with Crippen LogP contribution in [0.2, 0.25) is 5.15 Å². The van der Waals surface area contributed by atoms with Crippen LogP contribution in [0.25, 0.3) is 10.9 Å². The van der Waals surface area contributed by atoms with Gasteiger partial charge in [-0.2, -0.15) is 0 Å². The highest BCUT2D eigenvalue weighted by molar-refractivity contribution is 6.30. The van der Waals surface area contributed by atoms with Crippen molar-refractivity contribution in [2.24, 2.45) is 0 Å². The summed E-state index contributed by atoms with van der Waals surface area (Å²) < 4.78 is 11.1. The molecule has 0 radical (unpaired) electrons. The lowest BCUT2D eigenvalue weighted by Gasteiger charge is -2.18. The maximum absolute atomic E-state index is 6.10. The van der Waals surface area contributed by atoms with Gasteiger partial charge >= 0.3 is 0 Å². The lowest BCUT2D eigenvalue weighted by atomic mass is 10.1. The quantitative estimate of drug-likeness (QED) is 0.727. The molecule has 2 aromatic rings. The molecule has 0 amide bonds. The summed E-state index contributed by atoms with van der Waals surface area (Å²) in [6.45, 7) is 3.24. The molecular formula is C13H12ClNO2. The van der Waals surface area contributed by atoms with Gasteiger partial charge in [-0.3, -0.25) is 0 Å². The van der Waals surface area contributed by atoms with E-state index in [2.05, 4.69) is 18.0 Å². The fourth-order valence-electron chi connectivity index (χ4n) is 1.98. The predicted molar refractivity (Wildman–Crippen MR) is 67.1 cm³/mol. The molecule has 0 fully saturated rings. The van der Waals surface area contributed by atoms with Crippen molar-refractivity contribution in [3.8, 4) is 11.5 Å². The average Bonchev–Trinajstić information content (AvgIpc) is 2.35. The van der Waals surface area contributed by atoms with Gasteiger partial charge in [0.05, 0.1) is 5.52 Å². The minimum absolute atomic E-state index is 0.566. The third-order valence-electron chi connectivity index (χ3n) is 2.89. The van der Waals surface area contributed by atoms with Crippen LogP contribution in [-0.2, 0) is 6.42 Å². The van der Waals surface area contributed by atoms with Crippen molar-refractivity contribution in [1.29, 1.82) is 0 Å². The van der Waals surface area contributed by atoms with Crippen LogP contribution in [0.1, 0.15) is 12.5 Å². The first kappa shape index (κ1) is 10.7. The standard InChI is InChI=1S/C13H12ClNO2/c1-2-8-5-9-6-11-12(17-4-3-16-11)7-10(9)15-13(8)14/h5-7H,2-4H2,1H3. The maximum atomic E-state index is 6.10. The topological polar surface area (TPSA) is 31.4 Å². The summed E-state index contributed by atoms with van der Waals surface area (Å²) in [6.07, 6.45) is 0.871. The van der Waals surface area contributed by atoms with Crippen LogP contribution in [0.15, 0.2) is 18.2 Å². The summed E-state index contributed by atoms with van der Waals surface area (Å²) in [5.74, 6) is 1.53. The fourth-order valence-corrected chi connectivity index (χ4v) is 2.26. The lowest BCUT2D eigenvalue weighted by molar-refractivity contribution is 0.172. The molecule has 0 saturated heterocycles. The highest BCUT2D eigenvalue weighted by Crippen LogP contribution is 2.35. The van der Waals surface area contributed by atoms with Gasteiger partial charge in [0.1, 0.15) is 18.4 Å². The molecule has 0 unspecified atom stereocenters. The van der Waals surface area contributed by atoms with Gasteiger partial charge < -0.3 is 9.47 Å². The SMILES string of the molecule is CCc1cc2cc3c(cc2nc1Cl)OCCO3. The second-order valence-electron chi connectivity index (χ2n) is 3.98. The van der Waals surface area contributed by atoms with E-state index in [0.29, 0.717) is 18.4 Å². The van der Waals surface area contributed by atoms with Crippen molar-refractivity contribution in [3.63, 3.8) is 0 Å². The van der Waals surface area contributed by atoms with Gasteiger partial charge in [0.25, 0.3) is 0 Å². The number of ether oxygens (including phenoxy) is 2. The van der Waals surface area contributed by atoms with Gasteiger partial charge in [0.2, 0.25) is 0 Å². The Morgan fingerprint density at radius 3 is 2.59 bits per heavy atom. The number of hydrogen-bond acceptors (Lipinski definition) is 3. The number of fused-ring (bicyclic) bond motifs is 2. The van der Waals surface area contributed by atoms with Crippen molar-refractivity contribution in [3.05, 3.63) is 28.9 Å². The Morgan fingerprint density at radius 1 is 1.18 bits per heavy atom. The molecule has 17 heavy (non-hydrogen) atoms. The molecule has 0 atom stereocenters. The number of halogens is 1. The first-order chi connectivity index (χ1) is 8.28. The molecule has 1 aromatic heterocycles. The Labute approximate surface area is 104 Å². The number of benzene rings is 1. The third-order valence-corrected chi connectivity index (χ3v) is 3.21. The molecule has 0 N–H and O–H groups in total. The molecule has 0 saturated carbocycles. The predicted octanol–water partition coefficient (Wildman–Crippen LogP) is 3.22. The van der Waals surface area contributed by atoms with E-state index in [1.54, 1.807) is 0 Å². The Kier molecular flexibility index (Phi) is 2.56. The zero-order chi connectivity index (χ0) is 11.8. The van der Waals surface area contributed by atoms with Crippen LogP contribution in [0, 0.1) is 0 Å². The Morgan fingerprint density at radius 2 is 1.88 bits per heavy atom. The van der Waals surface area contributed by atoms with Crippen molar-refractivity contribution in [1.82, 2.24) is 4.98 Å². The molecule has 0 aliphatic carbocycles. The monoisotopic (exact) mass is 249 g/mol. The minimum Gasteiger partial charge on any atom is -0.486 e. The molecule has 1 aliphatic rings. The summed E-state index contributed by atoms with van der Waals surface area (Å²) in [6, 6.07) is 5.91. The molecule has 1 aliphatic heterocycles. The molecule has 1 aromatic carbocycles. The number of nitrogens with zero attached hydrogens (tertiary/aromatic N) is 1. The third kappa shape index (κ3) is 1.80. The summed E-state index contributed by atoms with van der Waals surface area (Å²) >= 11 is 6.10. The van der Waals surface area contributed by atoms with E-state index in [9.17, 15) is 0 Å². The average molecular weight is 250 g/mol. The number of hydrogen-bond donors (Lipinski definition) is 0. The Bertz CT molecular complexity index is 583. The molecular weight excluding hydrogens is 238 g/mol. The minimum atomic E-state index is 0.566. The normalized spacial score (nSPS) is 14.0. The lowest BCUT2D eigenvalue weighted by Crippen LogP contribution is -2.15. The van der Waals surface area contributed by atoms with Crippen molar-refractivity contribution < 1.29 is 9.47 Å². The highest BCUT2D eigenvalue weighted by atomic mass is 35.5. The molecule has 3 rings (SSSR count). The van der Waals surface area contributed by atoms with Gasteiger partial charge in [0.15, 0.2) is 11.5 Å². The van der Waals surface area contributed by atoms with Gasteiger partial charge in [-0.15, -0.1) is 0 Å². The molecule has 3 nitrogen and oxygen atoms in total. The zero-order valence-corrected chi connectivity index (χ0v) is 10.3. The van der Waals surface area contributed by atoms with Crippen molar-refractivity contribution >= 4 is 22.5 Å². The molecule has 88 valence electrons. The summed E-state index contributed by atoms with van der Waals surface area (Å²) in [4.78, 5) is 4.38. The van der Waals surface area contributed by atoms with Crippen LogP contribution in [0.5, 0.6) is 11.5 Å². The van der Waals surface area contributed by atoms with Gasteiger partial charge in [0, 0.05) is 11.5 Å². The van der Waals surface area contributed by atoms with Crippen LogP contribution in [-0.4, -0.2) is 18.2 Å². The first-order valence-corrected chi connectivity index (χ1v) is 6.04. The zero-order valence-electron chi connectivity index (χ0n) is 9.50. The van der Waals surface area contributed by atoms with Crippen LogP contribution < -0.4 is 9.47 Å². The van der Waals surface area contributed by atoms with Gasteiger partial charge in [-0.25, -0.2) is 4.98 Å². The van der Waals surface area contributed by atoms with E-state index in [1.165, 1.54) is 0 Å². The van der Waals surface area contributed by atoms with Gasteiger partial charge in [-0.1, -0.05) is 18.5 Å². The second kappa shape index (κ2) is 4.08. The second-order valence-corrected chi connectivity index (χ2v) is 4.34. The summed E-state index contributed by atoms with van der Waals surface area (Å²) in [7, 11) is 0. The van der Waals surface area contributed by atoms with E-state index < -0.39 is 0 Å². The van der Waals surface area contributed by atoms with E-state index in [4.69, 9.17) is 21.1 Å². The fraction of sp³-hybridized carbons (Fsp3) is 0.308. The summed E-state index contributed by atoms with van der Waals surface area (Å²) in [5, 5.41) is 1.60. The Balaban J connectivity index is 2.23. The van der Waals surface area contributed by atoms with Crippen LogP contribution in [0.3, 0.4) is 0 Å². The molecule has 0 bridgehead atoms. The van der Waals surface area contributed by atoms with E-state index in [-0.39, 0.29) is 0 Å².